The summed E-state index contributed by atoms with van der Waals surface area (Å²) in [7, 11) is 0. The van der Waals surface area contributed by atoms with Gasteiger partial charge < -0.3 is 10.2 Å². The second-order valence-electron chi connectivity index (χ2n) is 6.78. The number of piperidine rings is 1. The lowest BCUT2D eigenvalue weighted by Gasteiger charge is -2.27. The molecule has 1 aromatic rings. The molecule has 1 amide bonds. The second-order valence-corrected chi connectivity index (χ2v) is 6.78. The van der Waals surface area contributed by atoms with E-state index in [-0.39, 0.29) is 11.8 Å². The lowest BCUT2D eigenvalue weighted by molar-refractivity contribution is 0.0943. The maximum atomic E-state index is 12.3. The molecule has 1 saturated heterocycles. The first-order chi connectivity index (χ1) is 10.5. The van der Waals surface area contributed by atoms with Crippen molar-refractivity contribution in [1.82, 2.24) is 15.3 Å². The van der Waals surface area contributed by atoms with Crippen molar-refractivity contribution in [2.24, 2.45) is 5.92 Å². The number of nitrogens with one attached hydrogen (secondary N) is 1. The van der Waals surface area contributed by atoms with Crippen LogP contribution in [0.5, 0.6) is 0 Å². The molecule has 0 bridgehead atoms. The lowest BCUT2D eigenvalue weighted by atomic mass is 10.1. The van der Waals surface area contributed by atoms with Crippen LogP contribution < -0.4 is 10.2 Å². The molecule has 0 unspecified atom stereocenters. The van der Waals surface area contributed by atoms with Gasteiger partial charge in [0, 0.05) is 25.3 Å². The van der Waals surface area contributed by atoms with Gasteiger partial charge in [0.1, 0.15) is 5.69 Å². The Balaban J connectivity index is 2.24. The van der Waals surface area contributed by atoms with Crippen molar-refractivity contribution in [3.8, 4) is 0 Å². The van der Waals surface area contributed by atoms with Crippen LogP contribution in [0.1, 0.15) is 69.1 Å². The maximum Gasteiger partial charge on any atom is 0.270 e. The first-order valence-electron chi connectivity index (χ1n) is 8.39. The predicted molar refractivity (Wildman–Crippen MR) is 89.4 cm³/mol. The normalized spacial score (nSPS) is 15.5. The summed E-state index contributed by atoms with van der Waals surface area (Å²) in [6, 6.07) is 1.83. The molecule has 0 atom stereocenters. The summed E-state index contributed by atoms with van der Waals surface area (Å²) in [5.41, 5.74) is 1.42. The first-order valence-corrected chi connectivity index (χ1v) is 8.39. The van der Waals surface area contributed by atoms with Crippen molar-refractivity contribution in [3.05, 3.63) is 17.5 Å². The molecule has 1 aliphatic heterocycles. The molecule has 1 N–H and O–H groups in total. The Kier molecular flexibility index (Phi) is 5.75. The van der Waals surface area contributed by atoms with Gasteiger partial charge in [-0.05, 0) is 37.2 Å². The van der Waals surface area contributed by atoms with E-state index >= 15 is 0 Å². The molecule has 1 aliphatic rings. The molecule has 0 aliphatic carbocycles. The molecule has 0 saturated carbocycles. The molecular formula is C17H28N4O. The SMILES string of the molecule is CC(C)CNC(=O)c1cc(C(C)C)nc(N2CCCCC2)n1. The lowest BCUT2D eigenvalue weighted by Crippen LogP contribution is -2.33. The van der Waals surface area contributed by atoms with Crippen LogP contribution in [-0.4, -0.2) is 35.5 Å². The largest absolute Gasteiger partial charge is 0.350 e. The fourth-order valence-electron chi connectivity index (χ4n) is 2.49. The van der Waals surface area contributed by atoms with E-state index in [1.165, 1.54) is 19.3 Å². The number of anilines is 1. The summed E-state index contributed by atoms with van der Waals surface area (Å²) >= 11 is 0. The van der Waals surface area contributed by atoms with Crippen LogP contribution in [0.4, 0.5) is 5.95 Å². The Bertz CT molecular complexity index is 507. The van der Waals surface area contributed by atoms with Crippen molar-refractivity contribution in [3.63, 3.8) is 0 Å². The standard InChI is InChI=1S/C17H28N4O/c1-12(2)11-18-16(22)15-10-14(13(3)4)19-17(20-15)21-8-6-5-7-9-21/h10,12-13H,5-9,11H2,1-4H3,(H,18,22). The predicted octanol–water partition coefficient (Wildman–Crippen LogP) is 2.98. The van der Waals surface area contributed by atoms with Crippen molar-refractivity contribution < 1.29 is 4.79 Å². The van der Waals surface area contributed by atoms with E-state index < -0.39 is 0 Å². The summed E-state index contributed by atoms with van der Waals surface area (Å²) in [6.45, 7) is 11.0. The van der Waals surface area contributed by atoms with Gasteiger partial charge in [-0.25, -0.2) is 9.97 Å². The van der Waals surface area contributed by atoms with Gasteiger partial charge >= 0.3 is 0 Å². The third-order valence-electron chi connectivity index (χ3n) is 3.87. The minimum atomic E-state index is -0.101. The van der Waals surface area contributed by atoms with Gasteiger partial charge in [-0.3, -0.25) is 4.79 Å². The highest BCUT2D eigenvalue weighted by Crippen LogP contribution is 2.20. The van der Waals surface area contributed by atoms with Crippen LogP contribution in [0.3, 0.4) is 0 Å². The molecule has 5 nitrogen and oxygen atoms in total. The van der Waals surface area contributed by atoms with Crippen molar-refractivity contribution in [2.45, 2.75) is 52.9 Å². The molecule has 5 heteroatoms. The average molecular weight is 304 g/mol. The molecule has 0 spiro atoms. The average Bonchev–Trinajstić information content (AvgIpc) is 2.52. The Labute approximate surface area is 133 Å². The van der Waals surface area contributed by atoms with Gasteiger partial charge in [0.2, 0.25) is 5.95 Å². The van der Waals surface area contributed by atoms with Crippen LogP contribution in [0, 0.1) is 5.92 Å². The van der Waals surface area contributed by atoms with Gasteiger partial charge in [-0.2, -0.15) is 0 Å². The zero-order valence-corrected chi connectivity index (χ0v) is 14.2. The Morgan fingerprint density at radius 1 is 1.18 bits per heavy atom. The molecule has 2 rings (SSSR count). The molecule has 0 aromatic carbocycles. The van der Waals surface area contributed by atoms with Crippen molar-refractivity contribution in [2.75, 3.05) is 24.5 Å². The van der Waals surface area contributed by atoms with E-state index in [9.17, 15) is 4.79 Å². The fraction of sp³-hybridized carbons (Fsp3) is 0.706. The number of hydrogen-bond acceptors (Lipinski definition) is 4. The molecule has 0 radical (unpaired) electrons. The minimum absolute atomic E-state index is 0.101. The summed E-state index contributed by atoms with van der Waals surface area (Å²) < 4.78 is 0. The number of nitrogens with zero attached hydrogens (tertiary/aromatic N) is 3. The van der Waals surface area contributed by atoms with Crippen molar-refractivity contribution >= 4 is 11.9 Å². The fourth-order valence-corrected chi connectivity index (χ4v) is 2.49. The zero-order valence-electron chi connectivity index (χ0n) is 14.2. The molecule has 2 heterocycles. The van der Waals surface area contributed by atoms with Crippen LogP contribution in [-0.2, 0) is 0 Å². The quantitative estimate of drug-likeness (QED) is 0.908. The molecule has 22 heavy (non-hydrogen) atoms. The van der Waals surface area contributed by atoms with Crippen LogP contribution in [0.2, 0.25) is 0 Å². The number of aromatic nitrogens is 2. The third kappa shape index (κ3) is 4.42. The Morgan fingerprint density at radius 3 is 2.45 bits per heavy atom. The number of rotatable bonds is 5. The topological polar surface area (TPSA) is 58.1 Å². The summed E-state index contributed by atoms with van der Waals surface area (Å²) in [5, 5.41) is 2.95. The Hall–Kier alpha value is -1.65. The molecule has 1 aromatic heterocycles. The minimum Gasteiger partial charge on any atom is -0.350 e. The van der Waals surface area contributed by atoms with Gasteiger partial charge in [0.15, 0.2) is 0 Å². The maximum absolute atomic E-state index is 12.3. The van der Waals surface area contributed by atoms with E-state index in [4.69, 9.17) is 0 Å². The second kappa shape index (κ2) is 7.56. The van der Waals surface area contributed by atoms with Crippen LogP contribution >= 0.6 is 0 Å². The van der Waals surface area contributed by atoms with E-state index in [1.807, 2.05) is 6.07 Å². The molecular weight excluding hydrogens is 276 g/mol. The highest BCUT2D eigenvalue weighted by molar-refractivity contribution is 5.92. The number of carbonyl (C=O) groups excluding carboxylic acids is 1. The van der Waals surface area contributed by atoms with E-state index in [0.717, 1.165) is 18.8 Å². The molecule has 122 valence electrons. The summed E-state index contributed by atoms with van der Waals surface area (Å²) in [6.07, 6.45) is 3.61. The molecule has 1 fully saturated rings. The van der Waals surface area contributed by atoms with Crippen LogP contribution in [0.25, 0.3) is 0 Å². The van der Waals surface area contributed by atoms with Gasteiger partial charge in [0.05, 0.1) is 0 Å². The monoisotopic (exact) mass is 304 g/mol. The van der Waals surface area contributed by atoms with Gasteiger partial charge in [-0.15, -0.1) is 0 Å². The first kappa shape index (κ1) is 16.7. The van der Waals surface area contributed by atoms with Crippen molar-refractivity contribution in [1.29, 1.82) is 0 Å². The summed E-state index contributed by atoms with van der Waals surface area (Å²) in [5.74, 6) is 1.32. The highest BCUT2D eigenvalue weighted by Gasteiger charge is 2.19. The number of hydrogen-bond donors (Lipinski definition) is 1. The number of carbonyl (C=O) groups is 1. The van der Waals surface area contributed by atoms with E-state index in [1.54, 1.807) is 0 Å². The van der Waals surface area contributed by atoms with Gasteiger partial charge in [-0.1, -0.05) is 27.7 Å². The van der Waals surface area contributed by atoms with Crippen LogP contribution in [0.15, 0.2) is 6.07 Å². The van der Waals surface area contributed by atoms with E-state index in [2.05, 4.69) is 47.9 Å². The summed E-state index contributed by atoms with van der Waals surface area (Å²) in [4.78, 5) is 23.7. The van der Waals surface area contributed by atoms with Gasteiger partial charge in [0.25, 0.3) is 5.91 Å². The smallest absolute Gasteiger partial charge is 0.270 e. The number of amides is 1. The third-order valence-corrected chi connectivity index (χ3v) is 3.87. The highest BCUT2D eigenvalue weighted by atomic mass is 16.1. The Morgan fingerprint density at radius 2 is 1.86 bits per heavy atom. The zero-order chi connectivity index (χ0) is 16.1. The van der Waals surface area contributed by atoms with E-state index in [0.29, 0.717) is 24.1 Å².